The Kier molecular flexibility index (Phi) is 11.2. The van der Waals surface area contributed by atoms with Gasteiger partial charge in [0.25, 0.3) is 0 Å². The lowest BCUT2D eigenvalue weighted by atomic mass is 9.87. The number of hydrogen-bond acceptors (Lipinski definition) is 3. The number of likely N-dealkylation sites (N-methyl/N-ethyl adjacent to an activating group) is 1. The van der Waals surface area contributed by atoms with Crippen molar-refractivity contribution in [2.75, 3.05) is 40.3 Å². The molecule has 0 N–H and O–H groups in total. The minimum Gasteiger partial charge on any atom is -0.377 e. The zero-order chi connectivity index (χ0) is 17.9. The molecule has 0 aromatic rings. The Morgan fingerprint density at radius 2 is 1.54 bits per heavy atom. The predicted molar refractivity (Wildman–Crippen MR) is 106 cm³/mol. The lowest BCUT2D eigenvalue weighted by Gasteiger charge is -2.31. The van der Waals surface area contributed by atoms with Crippen molar-refractivity contribution in [3.8, 4) is 0 Å². The molecule has 2 aliphatic rings. The third-order valence-corrected chi connectivity index (χ3v) is 5.94. The summed E-state index contributed by atoms with van der Waals surface area (Å²) in [6.07, 6.45) is 10.1. The molecule has 0 aromatic heterocycles. The smallest absolute Gasteiger partial charge is 0.0597 e. The van der Waals surface area contributed by atoms with Crippen molar-refractivity contribution >= 4 is 0 Å². The first-order valence-corrected chi connectivity index (χ1v) is 10.4. The summed E-state index contributed by atoms with van der Waals surface area (Å²) in [6.45, 7) is 13.7. The molecule has 0 spiro atoms. The van der Waals surface area contributed by atoms with Gasteiger partial charge in [0.15, 0.2) is 0 Å². The molecule has 1 saturated carbocycles. The molecule has 1 heterocycles. The molecule has 0 amide bonds. The first-order chi connectivity index (χ1) is 11.4. The number of nitrogens with zero attached hydrogens (tertiary/aromatic N) is 2. The minimum absolute atomic E-state index is 0.560. The predicted octanol–water partition coefficient (Wildman–Crippen LogP) is 4.66. The van der Waals surface area contributed by atoms with Crippen molar-refractivity contribution in [2.24, 2.45) is 11.8 Å². The van der Waals surface area contributed by atoms with E-state index in [0.29, 0.717) is 12.1 Å². The number of hydrogen-bond donors (Lipinski definition) is 0. The maximum atomic E-state index is 5.86. The third-order valence-electron chi connectivity index (χ3n) is 5.94. The van der Waals surface area contributed by atoms with Crippen LogP contribution in [0.4, 0.5) is 0 Å². The zero-order valence-electron chi connectivity index (χ0n) is 17.4. The van der Waals surface area contributed by atoms with Gasteiger partial charge in [-0.2, -0.15) is 0 Å². The van der Waals surface area contributed by atoms with Gasteiger partial charge >= 0.3 is 0 Å². The monoisotopic (exact) mass is 340 g/mol. The molecule has 0 bridgehead atoms. The molecule has 3 nitrogen and oxygen atoms in total. The van der Waals surface area contributed by atoms with Crippen molar-refractivity contribution in [3.05, 3.63) is 0 Å². The molecule has 0 aromatic carbocycles. The number of rotatable bonds is 6. The molecule has 0 unspecified atom stereocenters. The van der Waals surface area contributed by atoms with Crippen LogP contribution in [0.3, 0.4) is 0 Å². The summed E-state index contributed by atoms with van der Waals surface area (Å²) in [6, 6.07) is 0.630. The maximum absolute atomic E-state index is 5.86. The van der Waals surface area contributed by atoms with E-state index < -0.39 is 0 Å². The number of piperidine rings is 1. The van der Waals surface area contributed by atoms with E-state index in [4.69, 9.17) is 4.74 Å². The Bertz CT molecular complexity index is 292. The van der Waals surface area contributed by atoms with Crippen molar-refractivity contribution in [3.63, 3.8) is 0 Å². The van der Waals surface area contributed by atoms with Crippen LogP contribution >= 0.6 is 0 Å². The van der Waals surface area contributed by atoms with Crippen LogP contribution in [-0.2, 0) is 4.74 Å². The van der Waals surface area contributed by atoms with Crippen LogP contribution in [0.2, 0.25) is 0 Å². The zero-order valence-corrected chi connectivity index (χ0v) is 17.4. The standard InChI is InChI=1S/C12H25NO.C9H19N/c1-11(2)13(3)9-10-14-12-7-5-4-6-8-12;1-8(2)9-4-6-10(3)7-5-9/h11-12H,4-10H2,1-3H3;8-9H,4-7H2,1-3H3. The van der Waals surface area contributed by atoms with Gasteiger partial charge in [-0.15, -0.1) is 0 Å². The molecular weight excluding hydrogens is 296 g/mol. The van der Waals surface area contributed by atoms with Crippen molar-refractivity contribution in [2.45, 2.75) is 84.8 Å². The quantitative estimate of drug-likeness (QED) is 0.699. The highest BCUT2D eigenvalue weighted by Crippen LogP contribution is 2.23. The molecule has 0 radical (unpaired) electrons. The van der Waals surface area contributed by atoms with Crippen LogP contribution in [0.15, 0.2) is 0 Å². The van der Waals surface area contributed by atoms with Crippen molar-refractivity contribution in [1.82, 2.24) is 9.80 Å². The molecule has 3 heteroatoms. The molecule has 144 valence electrons. The van der Waals surface area contributed by atoms with E-state index in [0.717, 1.165) is 25.0 Å². The van der Waals surface area contributed by atoms with Gasteiger partial charge in [0.05, 0.1) is 12.7 Å². The lowest BCUT2D eigenvalue weighted by Crippen LogP contribution is -2.32. The van der Waals surface area contributed by atoms with Gasteiger partial charge in [0.2, 0.25) is 0 Å². The van der Waals surface area contributed by atoms with Gasteiger partial charge < -0.3 is 14.5 Å². The SMILES string of the molecule is CC(C)C1CCN(C)CC1.CC(C)N(C)CCOC1CCCCC1. The summed E-state index contributed by atoms with van der Waals surface area (Å²) >= 11 is 0. The Morgan fingerprint density at radius 3 is 2.04 bits per heavy atom. The Hall–Kier alpha value is -0.120. The summed E-state index contributed by atoms with van der Waals surface area (Å²) in [4.78, 5) is 4.77. The average molecular weight is 341 g/mol. The molecular formula is C21H44N2O. The Morgan fingerprint density at radius 1 is 0.958 bits per heavy atom. The number of ether oxygens (including phenoxy) is 1. The topological polar surface area (TPSA) is 15.7 Å². The highest BCUT2D eigenvalue weighted by molar-refractivity contribution is 4.71. The van der Waals surface area contributed by atoms with Crippen LogP contribution in [-0.4, -0.2) is 62.3 Å². The molecule has 2 rings (SSSR count). The van der Waals surface area contributed by atoms with Crippen LogP contribution in [0.25, 0.3) is 0 Å². The molecule has 24 heavy (non-hydrogen) atoms. The van der Waals surface area contributed by atoms with E-state index in [1.165, 1.54) is 58.0 Å². The fraction of sp³-hybridized carbons (Fsp3) is 1.00. The van der Waals surface area contributed by atoms with Gasteiger partial charge in [0.1, 0.15) is 0 Å². The maximum Gasteiger partial charge on any atom is 0.0597 e. The lowest BCUT2D eigenvalue weighted by molar-refractivity contribution is 0.0160. The Labute approximate surface area is 152 Å². The number of likely N-dealkylation sites (tertiary alicyclic amines) is 1. The van der Waals surface area contributed by atoms with E-state index in [1.807, 2.05) is 0 Å². The molecule has 1 aliphatic heterocycles. The minimum atomic E-state index is 0.560. The fourth-order valence-electron chi connectivity index (χ4n) is 3.55. The second-order valence-electron chi connectivity index (χ2n) is 8.59. The van der Waals surface area contributed by atoms with Crippen LogP contribution in [0.1, 0.15) is 72.6 Å². The Balaban J connectivity index is 0.000000254. The van der Waals surface area contributed by atoms with Crippen LogP contribution in [0.5, 0.6) is 0 Å². The first-order valence-electron chi connectivity index (χ1n) is 10.4. The van der Waals surface area contributed by atoms with E-state index in [9.17, 15) is 0 Å². The van der Waals surface area contributed by atoms with Gasteiger partial charge in [0, 0.05) is 12.6 Å². The fourth-order valence-corrected chi connectivity index (χ4v) is 3.55. The van der Waals surface area contributed by atoms with Crippen molar-refractivity contribution < 1.29 is 4.74 Å². The first kappa shape index (κ1) is 21.9. The summed E-state index contributed by atoms with van der Waals surface area (Å²) in [5.41, 5.74) is 0. The van der Waals surface area contributed by atoms with Crippen LogP contribution < -0.4 is 0 Å². The molecule has 0 atom stereocenters. The highest BCUT2D eigenvalue weighted by atomic mass is 16.5. The van der Waals surface area contributed by atoms with E-state index in [2.05, 4.69) is 51.6 Å². The van der Waals surface area contributed by atoms with Gasteiger partial charge in [-0.05, 0) is 78.6 Å². The summed E-state index contributed by atoms with van der Waals surface area (Å²) in [7, 11) is 4.38. The summed E-state index contributed by atoms with van der Waals surface area (Å²) < 4.78 is 5.86. The van der Waals surface area contributed by atoms with E-state index in [-0.39, 0.29) is 0 Å². The van der Waals surface area contributed by atoms with Gasteiger partial charge in [-0.1, -0.05) is 33.1 Å². The van der Waals surface area contributed by atoms with Crippen LogP contribution in [0, 0.1) is 11.8 Å². The second-order valence-corrected chi connectivity index (χ2v) is 8.59. The normalized spacial score (nSPS) is 21.4. The van der Waals surface area contributed by atoms with Gasteiger partial charge in [-0.3, -0.25) is 0 Å². The van der Waals surface area contributed by atoms with Crippen molar-refractivity contribution in [1.29, 1.82) is 0 Å². The molecule has 1 aliphatic carbocycles. The molecule has 1 saturated heterocycles. The largest absolute Gasteiger partial charge is 0.377 e. The summed E-state index contributed by atoms with van der Waals surface area (Å²) in [5.74, 6) is 1.89. The molecule has 2 fully saturated rings. The third kappa shape index (κ3) is 9.39. The van der Waals surface area contributed by atoms with E-state index >= 15 is 0 Å². The second kappa shape index (κ2) is 12.3. The summed E-state index contributed by atoms with van der Waals surface area (Å²) in [5, 5.41) is 0. The van der Waals surface area contributed by atoms with E-state index in [1.54, 1.807) is 0 Å². The highest BCUT2D eigenvalue weighted by Gasteiger charge is 2.18. The van der Waals surface area contributed by atoms with Gasteiger partial charge in [-0.25, -0.2) is 0 Å². The average Bonchev–Trinajstić information content (AvgIpc) is 2.56.